The molecule has 0 saturated carbocycles. The van der Waals surface area contributed by atoms with Crippen LogP contribution in [-0.4, -0.2) is 74.9 Å². The van der Waals surface area contributed by atoms with Gasteiger partial charge in [0.1, 0.15) is 32.4 Å². The maximum absolute atomic E-state index is 6.29. The highest BCUT2D eigenvalue weighted by Crippen LogP contribution is 2.64. The van der Waals surface area contributed by atoms with E-state index in [9.17, 15) is 0 Å². The lowest BCUT2D eigenvalue weighted by Gasteiger charge is -2.31. The lowest BCUT2D eigenvalue weighted by Crippen LogP contribution is -2.27. The Morgan fingerprint density at radius 1 is 0.537 bits per heavy atom. The molecule has 228 valence electrons. The monoisotopic (exact) mass is 572 g/mol. The highest BCUT2D eigenvalue weighted by Gasteiger charge is 2.57. The molecule has 0 N–H and O–H groups in total. The second-order valence-electron chi connectivity index (χ2n) is 12.3. The molecule has 8 heteroatoms. The highest BCUT2D eigenvalue weighted by atomic mass is 16.7. The quantitative estimate of drug-likeness (QED) is 0.192. The molecule has 2 aliphatic rings. The summed E-state index contributed by atoms with van der Waals surface area (Å²) in [5.74, 6) is 2.31. The molecule has 2 aromatic carbocycles. The van der Waals surface area contributed by atoms with Gasteiger partial charge in [-0.1, -0.05) is 27.7 Å². The fourth-order valence-corrected chi connectivity index (χ4v) is 6.80. The first kappa shape index (κ1) is 31.6. The lowest BCUT2D eigenvalue weighted by molar-refractivity contribution is -0.0397. The molecule has 0 fully saturated rings. The smallest absolute Gasteiger partial charge is 0.161 e. The van der Waals surface area contributed by atoms with Crippen LogP contribution in [0.1, 0.15) is 68.4 Å². The van der Waals surface area contributed by atoms with Crippen LogP contribution in [0.4, 0.5) is 0 Å². The van der Waals surface area contributed by atoms with Crippen LogP contribution in [0, 0.1) is 0 Å². The standard InChI is InChI=1S/C33H48O8/c1-31(2)20-33(26-17-28(39-12-9-34-5)23(15-24(26)31)19-38-22-37-8)21-32(3,4)25-16-29(40-13-10-35-6)30(18-27(25)33)41-14-11-36-7/h15-18H,9-14,19-22H2,1-8H3. The minimum Gasteiger partial charge on any atom is -0.491 e. The number of benzene rings is 2. The van der Waals surface area contributed by atoms with Crippen LogP contribution in [0.25, 0.3) is 0 Å². The first-order valence-electron chi connectivity index (χ1n) is 14.4. The third kappa shape index (κ3) is 6.52. The second kappa shape index (κ2) is 13.3. The van der Waals surface area contributed by atoms with Gasteiger partial charge in [-0.15, -0.1) is 0 Å². The van der Waals surface area contributed by atoms with E-state index in [1.807, 2.05) is 0 Å². The second-order valence-corrected chi connectivity index (χ2v) is 12.3. The van der Waals surface area contributed by atoms with Gasteiger partial charge < -0.3 is 37.9 Å². The van der Waals surface area contributed by atoms with Gasteiger partial charge in [0, 0.05) is 39.4 Å². The molecule has 0 bridgehead atoms. The van der Waals surface area contributed by atoms with Gasteiger partial charge in [0.25, 0.3) is 0 Å². The van der Waals surface area contributed by atoms with Gasteiger partial charge in [-0.05, 0) is 70.2 Å². The number of methoxy groups -OCH3 is 4. The van der Waals surface area contributed by atoms with Gasteiger partial charge in [-0.25, -0.2) is 0 Å². The van der Waals surface area contributed by atoms with Crippen LogP contribution in [0.3, 0.4) is 0 Å². The predicted octanol–water partition coefficient (Wildman–Crippen LogP) is 5.53. The van der Waals surface area contributed by atoms with Crippen LogP contribution in [0.5, 0.6) is 17.2 Å². The molecule has 8 nitrogen and oxygen atoms in total. The van der Waals surface area contributed by atoms with Gasteiger partial charge in [0.2, 0.25) is 0 Å². The summed E-state index contributed by atoms with van der Waals surface area (Å²) in [7, 11) is 6.67. The molecule has 2 aromatic rings. The van der Waals surface area contributed by atoms with Crippen LogP contribution >= 0.6 is 0 Å². The average molecular weight is 573 g/mol. The molecule has 0 heterocycles. The Labute approximate surface area is 245 Å². The van der Waals surface area contributed by atoms with E-state index in [1.54, 1.807) is 28.4 Å². The van der Waals surface area contributed by atoms with E-state index in [2.05, 4.69) is 52.0 Å². The van der Waals surface area contributed by atoms with Crippen LogP contribution in [0.15, 0.2) is 24.3 Å². The summed E-state index contributed by atoms with van der Waals surface area (Å²) >= 11 is 0. The maximum Gasteiger partial charge on any atom is 0.161 e. The molecule has 4 rings (SSSR count). The molecule has 0 aromatic heterocycles. The summed E-state index contributed by atoms with van der Waals surface area (Å²) in [6, 6.07) is 8.94. The van der Waals surface area contributed by atoms with Crippen molar-refractivity contribution in [1.82, 2.24) is 0 Å². The zero-order valence-electron chi connectivity index (χ0n) is 26.1. The summed E-state index contributed by atoms with van der Waals surface area (Å²) in [6.45, 7) is 12.9. The van der Waals surface area contributed by atoms with Crippen LogP contribution in [0.2, 0.25) is 0 Å². The Morgan fingerprint density at radius 2 is 0.976 bits per heavy atom. The van der Waals surface area contributed by atoms with Gasteiger partial charge >= 0.3 is 0 Å². The van der Waals surface area contributed by atoms with E-state index < -0.39 is 0 Å². The number of ether oxygens (including phenoxy) is 8. The van der Waals surface area contributed by atoms with E-state index >= 15 is 0 Å². The minimum absolute atomic E-state index is 0.0567. The van der Waals surface area contributed by atoms with Crippen molar-refractivity contribution in [3.8, 4) is 17.2 Å². The summed E-state index contributed by atoms with van der Waals surface area (Å²) in [6.07, 6.45) is 1.95. The lowest BCUT2D eigenvalue weighted by atomic mass is 9.72. The van der Waals surface area contributed by atoms with Gasteiger partial charge in [0.05, 0.1) is 26.4 Å². The van der Waals surface area contributed by atoms with Crippen molar-refractivity contribution in [3.63, 3.8) is 0 Å². The molecule has 0 radical (unpaired) electrons. The van der Waals surface area contributed by atoms with Crippen molar-refractivity contribution in [2.24, 2.45) is 0 Å². The molecule has 2 aliphatic carbocycles. The van der Waals surface area contributed by atoms with Crippen LogP contribution < -0.4 is 14.2 Å². The van der Waals surface area contributed by atoms with E-state index in [0.717, 1.165) is 35.7 Å². The fourth-order valence-electron chi connectivity index (χ4n) is 6.80. The largest absolute Gasteiger partial charge is 0.491 e. The molecule has 1 atom stereocenters. The molecular formula is C33H48O8. The fraction of sp³-hybridized carbons (Fsp3) is 0.636. The van der Waals surface area contributed by atoms with E-state index in [4.69, 9.17) is 37.9 Å². The third-order valence-corrected chi connectivity index (χ3v) is 8.36. The van der Waals surface area contributed by atoms with E-state index in [-0.39, 0.29) is 23.0 Å². The highest BCUT2D eigenvalue weighted by molar-refractivity contribution is 5.65. The molecule has 1 spiro atoms. The minimum atomic E-state index is -0.201. The molecular weight excluding hydrogens is 524 g/mol. The number of hydrogen-bond acceptors (Lipinski definition) is 8. The summed E-state index contributed by atoms with van der Waals surface area (Å²) < 4.78 is 45.4. The molecule has 41 heavy (non-hydrogen) atoms. The van der Waals surface area contributed by atoms with E-state index in [1.165, 1.54) is 22.3 Å². The summed E-state index contributed by atoms with van der Waals surface area (Å²) in [5, 5.41) is 0. The third-order valence-electron chi connectivity index (χ3n) is 8.36. The van der Waals surface area contributed by atoms with Crippen molar-refractivity contribution in [1.29, 1.82) is 0 Å². The average Bonchev–Trinajstić information content (AvgIpc) is 3.28. The van der Waals surface area contributed by atoms with Crippen molar-refractivity contribution < 1.29 is 37.9 Å². The Bertz CT molecular complexity index is 1080. The van der Waals surface area contributed by atoms with Gasteiger partial charge in [-0.3, -0.25) is 0 Å². The first-order chi connectivity index (χ1) is 19.6. The number of fused-ring (bicyclic) bond motifs is 4. The van der Waals surface area contributed by atoms with Gasteiger partial charge in [0.15, 0.2) is 11.5 Å². The van der Waals surface area contributed by atoms with Crippen molar-refractivity contribution in [3.05, 3.63) is 52.1 Å². The van der Waals surface area contributed by atoms with Crippen molar-refractivity contribution >= 4 is 0 Å². The Hall–Kier alpha value is -2.36. The summed E-state index contributed by atoms with van der Waals surface area (Å²) in [5.41, 5.74) is 5.92. The summed E-state index contributed by atoms with van der Waals surface area (Å²) in [4.78, 5) is 0. The predicted molar refractivity (Wildman–Crippen MR) is 158 cm³/mol. The Morgan fingerprint density at radius 3 is 1.46 bits per heavy atom. The molecule has 0 aliphatic heterocycles. The molecule has 0 saturated heterocycles. The number of rotatable bonds is 16. The first-order valence-corrected chi connectivity index (χ1v) is 14.4. The van der Waals surface area contributed by atoms with Crippen molar-refractivity contribution in [2.75, 3.05) is 74.9 Å². The zero-order chi connectivity index (χ0) is 29.7. The zero-order valence-corrected chi connectivity index (χ0v) is 26.1. The van der Waals surface area contributed by atoms with E-state index in [0.29, 0.717) is 46.2 Å². The molecule has 0 amide bonds. The molecule has 1 unspecified atom stereocenters. The van der Waals surface area contributed by atoms with Crippen molar-refractivity contribution in [2.45, 2.75) is 63.4 Å². The van der Waals surface area contributed by atoms with Gasteiger partial charge in [-0.2, -0.15) is 0 Å². The topological polar surface area (TPSA) is 73.8 Å². The normalized spacial score (nSPS) is 19.8. The SMILES string of the molecule is COCCOc1cc2c(cc1COCOC)C(C)(C)CC21CC(C)(C)c2cc(OCCOC)c(OCCOC)cc21. The van der Waals surface area contributed by atoms with Crippen LogP contribution in [-0.2, 0) is 46.5 Å². The number of hydrogen-bond donors (Lipinski definition) is 0. The maximum atomic E-state index is 6.29. The Kier molecular flexibility index (Phi) is 10.2. The Balaban J connectivity index is 1.85.